The van der Waals surface area contributed by atoms with Crippen LogP contribution in [-0.2, 0) is 30.4 Å². The van der Waals surface area contributed by atoms with Gasteiger partial charge < -0.3 is 36.8 Å². The molecule has 0 heterocycles. The first-order chi connectivity index (χ1) is 13.5. The summed E-state index contributed by atoms with van der Waals surface area (Å²) in [7, 11) is 0. The van der Waals surface area contributed by atoms with Crippen molar-refractivity contribution < 1.29 is 44.4 Å². The number of rotatable bonds is 12. The van der Waals surface area contributed by atoms with Gasteiger partial charge in [0.05, 0.1) is 18.9 Å². The van der Waals surface area contributed by atoms with Gasteiger partial charge in [-0.25, -0.2) is 9.59 Å². The third-order valence-corrected chi connectivity index (χ3v) is 3.73. The summed E-state index contributed by atoms with van der Waals surface area (Å²) in [6.07, 6.45) is -1.54. The van der Waals surface area contributed by atoms with Crippen LogP contribution < -0.4 is 16.4 Å². The molecule has 0 fully saturated rings. The van der Waals surface area contributed by atoms with Gasteiger partial charge in [-0.2, -0.15) is 0 Å². The number of amides is 1. The highest BCUT2D eigenvalue weighted by Gasteiger charge is 2.25. The van der Waals surface area contributed by atoms with Crippen LogP contribution in [0.5, 0.6) is 0 Å². The van der Waals surface area contributed by atoms with Crippen LogP contribution in [0.1, 0.15) is 18.4 Å². The van der Waals surface area contributed by atoms with E-state index in [0.717, 1.165) is 0 Å². The summed E-state index contributed by atoms with van der Waals surface area (Å²) in [4.78, 5) is 55.8. The van der Waals surface area contributed by atoms with Crippen molar-refractivity contribution in [2.24, 2.45) is 5.73 Å². The number of carboxylic acids is 4. The number of nitrogens with one attached hydrogen (secondary N) is 2. The number of hydrogen-bond donors (Lipinski definition) is 7. The zero-order valence-corrected chi connectivity index (χ0v) is 15.1. The molecule has 0 radical (unpaired) electrons. The van der Waals surface area contributed by atoms with Crippen molar-refractivity contribution in [3.63, 3.8) is 0 Å². The molecule has 1 aromatic rings. The van der Waals surface area contributed by atoms with Crippen LogP contribution in [0.3, 0.4) is 0 Å². The van der Waals surface area contributed by atoms with Crippen LogP contribution in [0.25, 0.3) is 0 Å². The van der Waals surface area contributed by atoms with E-state index >= 15 is 0 Å². The van der Waals surface area contributed by atoms with Crippen LogP contribution in [0.2, 0.25) is 0 Å². The van der Waals surface area contributed by atoms with Crippen molar-refractivity contribution in [3.8, 4) is 0 Å². The fourth-order valence-electron chi connectivity index (χ4n) is 2.36. The van der Waals surface area contributed by atoms with Crippen molar-refractivity contribution in [1.82, 2.24) is 5.32 Å². The second kappa shape index (κ2) is 10.6. The first kappa shape index (κ1) is 23.4. The Labute approximate surface area is 164 Å². The number of aliphatic carboxylic acids is 4. The fraction of sp³-hybridized carbons (Fsp3) is 0.353. The Kier molecular flexibility index (Phi) is 8.55. The molecular formula is C17H21N3O9. The minimum Gasteiger partial charge on any atom is -0.481 e. The number of nitrogens with two attached hydrogens (primary N) is 1. The normalized spacial score (nSPS) is 13.6. The number of anilines is 1. The highest BCUT2D eigenvalue weighted by atomic mass is 16.4. The second-order valence-electron chi connectivity index (χ2n) is 6.14. The maximum absolute atomic E-state index is 11.9. The third kappa shape index (κ3) is 8.26. The predicted molar refractivity (Wildman–Crippen MR) is 97.2 cm³/mol. The largest absolute Gasteiger partial charge is 0.481 e. The molecule has 0 aliphatic carbocycles. The molecule has 0 unspecified atom stereocenters. The molecule has 1 aromatic carbocycles. The van der Waals surface area contributed by atoms with Gasteiger partial charge in [-0.1, -0.05) is 12.1 Å². The van der Waals surface area contributed by atoms with Gasteiger partial charge in [0, 0.05) is 12.1 Å². The molecular weight excluding hydrogens is 390 g/mol. The lowest BCUT2D eigenvalue weighted by atomic mass is 10.0. The Hall–Kier alpha value is -3.67. The average Bonchev–Trinajstić information content (AvgIpc) is 2.59. The zero-order chi connectivity index (χ0) is 22.1. The summed E-state index contributed by atoms with van der Waals surface area (Å²) >= 11 is 0. The Bertz CT molecular complexity index is 796. The molecule has 1 rings (SSSR count). The van der Waals surface area contributed by atoms with E-state index in [1.165, 1.54) is 24.3 Å². The summed E-state index contributed by atoms with van der Waals surface area (Å²) in [6, 6.07) is 1.68. The molecule has 0 aliphatic rings. The monoisotopic (exact) mass is 411 g/mol. The molecule has 0 saturated heterocycles. The smallest absolute Gasteiger partial charge is 0.326 e. The van der Waals surface area contributed by atoms with Crippen LogP contribution in [0.4, 0.5) is 5.69 Å². The lowest BCUT2D eigenvalue weighted by Crippen LogP contribution is -2.49. The molecule has 1 amide bonds. The Morgan fingerprint density at radius 3 is 2.00 bits per heavy atom. The molecule has 0 aromatic heterocycles. The van der Waals surface area contributed by atoms with Crippen LogP contribution in [-0.4, -0.2) is 68.3 Å². The van der Waals surface area contributed by atoms with Crippen LogP contribution >= 0.6 is 0 Å². The minimum atomic E-state index is -1.42. The standard InChI is InChI=1S/C17H21N3O9/c18-10(6-13(21)22)15(25)20-11(16(26)27)5-8-2-1-3-9(4-8)19-12(17(28)29)7-14(23)24/h1-4,10-12,19H,5-7,18H2,(H,20,25)(H,21,22)(H,23,24)(H,26,27)(H,28,29)/t10-,11-,12-/m0/s1. The van der Waals surface area contributed by atoms with E-state index < -0.39 is 60.8 Å². The first-order valence-corrected chi connectivity index (χ1v) is 8.30. The molecule has 0 bridgehead atoms. The molecule has 12 heteroatoms. The molecule has 0 aliphatic heterocycles. The predicted octanol–water partition coefficient (Wildman–Crippen LogP) is -1.06. The molecule has 29 heavy (non-hydrogen) atoms. The molecule has 0 spiro atoms. The lowest BCUT2D eigenvalue weighted by molar-refractivity contribution is -0.144. The average molecular weight is 411 g/mol. The van der Waals surface area contributed by atoms with Crippen molar-refractivity contribution in [2.75, 3.05) is 5.32 Å². The van der Waals surface area contributed by atoms with E-state index in [0.29, 0.717) is 5.56 Å². The van der Waals surface area contributed by atoms with Gasteiger partial charge in [0.15, 0.2) is 0 Å². The van der Waals surface area contributed by atoms with Crippen molar-refractivity contribution in [1.29, 1.82) is 0 Å². The van der Waals surface area contributed by atoms with E-state index in [-0.39, 0.29) is 12.1 Å². The molecule has 0 saturated carbocycles. The van der Waals surface area contributed by atoms with E-state index in [1.54, 1.807) is 0 Å². The SMILES string of the molecule is N[C@@H](CC(=O)O)C(=O)N[C@@H](Cc1cccc(N[C@@H](CC(=O)O)C(=O)O)c1)C(=O)O. The first-order valence-electron chi connectivity index (χ1n) is 8.30. The second-order valence-corrected chi connectivity index (χ2v) is 6.14. The maximum atomic E-state index is 11.9. The van der Waals surface area contributed by atoms with Crippen LogP contribution in [0.15, 0.2) is 24.3 Å². The topological polar surface area (TPSA) is 216 Å². The van der Waals surface area contributed by atoms with E-state index in [9.17, 15) is 29.1 Å². The van der Waals surface area contributed by atoms with Crippen LogP contribution in [0, 0.1) is 0 Å². The van der Waals surface area contributed by atoms with E-state index in [4.69, 9.17) is 21.1 Å². The fourth-order valence-corrected chi connectivity index (χ4v) is 2.36. The van der Waals surface area contributed by atoms with E-state index in [1.807, 2.05) is 0 Å². The lowest BCUT2D eigenvalue weighted by Gasteiger charge is -2.18. The highest BCUT2D eigenvalue weighted by molar-refractivity contribution is 5.89. The van der Waals surface area contributed by atoms with Gasteiger partial charge in [0.1, 0.15) is 12.1 Å². The van der Waals surface area contributed by atoms with Crippen molar-refractivity contribution in [2.45, 2.75) is 37.4 Å². The summed E-state index contributed by atoms with van der Waals surface area (Å²) in [5.74, 6) is -6.32. The number of carbonyl (C=O) groups is 5. The van der Waals surface area contributed by atoms with Crippen molar-refractivity contribution >= 4 is 35.5 Å². The van der Waals surface area contributed by atoms with Gasteiger partial charge in [-0.15, -0.1) is 0 Å². The van der Waals surface area contributed by atoms with E-state index in [2.05, 4.69) is 10.6 Å². The number of carbonyl (C=O) groups excluding carboxylic acids is 1. The summed E-state index contributed by atoms with van der Waals surface area (Å²) < 4.78 is 0. The Balaban J connectivity index is 2.88. The molecule has 8 N–H and O–H groups in total. The molecule has 12 nitrogen and oxygen atoms in total. The van der Waals surface area contributed by atoms with Gasteiger partial charge in [-0.05, 0) is 17.7 Å². The highest BCUT2D eigenvalue weighted by Crippen LogP contribution is 2.15. The zero-order valence-electron chi connectivity index (χ0n) is 15.1. The molecule has 3 atom stereocenters. The quantitative estimate of drug-likeness (QED) is 0.220. The van der Waals surface area contributed by atoms with Gasteiger partial charge in [0.2, 0.25) is 5.91 Å². The molecule has 158 valence electrons. The Morgan fingerprint density at radius 1 is 0.897 bits per heavy atom. The minimum absolute atomic E-state index is 0.201. The Morgan fingerprint density at radius 2 is 1.48 bits per heavy atom. The number of benzene rings is 1. The van der Waals surface area contributed by atoms with Gasteiger partial charge in [0.25, 0.3) is 0 Å². The van der Waals surface area contributed by atoms with Gasteiger partial charge >= 0.3 is 23.9 Å². The maximum Gasteiger partial charge on any atom is 0.326 e. The summed E-state index contributed by atoms with van der Waals surface area (Å²) in [6.45, 7) is 0. The van der Waals surface area contributed by atoms with Crippen molar-refractivity contribution in [3.05, 3.63) is 29.8 Å². The number of carboxylic acid groups (broad SMARTS) is 4. The third-order valence-electron chi connectivity index (χ3n) is 3.73. The number of hydrogen-bond acceptors (Lipinski definition) is 7. The summed E-state index contributed by atoms with van der Waals surface area (Å²) in [5.41, 5.74) is 6.05. The summed E-state index contributed by atoms with van der Waals surface area (Å²) in [5, 5.41) is 40.5. The van der Waals surface area contributed by atoms with Gasteiger partial charge in [-0.3, -0.25) is 14.4 Å².